The lowest BCUT2D eigenvalue weighted by Gasteiger charge is -2.17. The van der Waals surface area contributed by atoms with E-state index in [1.165, 1.54) is 10.6 Å². The Labute approximate surface area is 148 Å². The minimum Gasteiger partial charge on any atom is -0.480 e. The Morgan fingerprint density at radius 1 is 0.731 bits per heavy atom. The van der Waals surface area contributed by atoms with Gasteiger partial charge in [-0.3, -0.25) is 9.59 Å². The number of carbonyl (C=O) groups is 4. The van der Waals surface area contributed by atoms with E-state index in [2.05, 4.69) is 0 Å². The van der Waals surface area contributed by atoms with Crippen molar-refractivity contribution in [2.75, 3.05) is 11.5 Å². The van der Waals surface area contributed by atoms with Crippen molar-refractivity contribution in [2.24, 2.45) is 0 Å². The number of carboxylic acid groups (broad SMARTS) is 2. The molecular weight excluding hydrogens is 422 g/mol. The fourth-order valence-electron chi connectivity index (χ4n) is 1.06. The van der Waals surface area contributed by atoms with Crippen molar-refractivity contribution in [1.82, 2.24) is 10.6 Å². The third-order valence-electron chi connectivity index (χ3n) is 2.27. The highest BCUT2D eigenvalue weighted by Gasteiger charge is 2.42. The van der Waals surface area contributed by atoms with Gasteiger partial charge in [0, 0.05) is 11.5 Å². The maximum absolute atomic E-state index is 12.1. The molecule has 0 saturated carbocycles. The van der Waals surface area contributed by atoms with Crippen molar-refractivity contribution in [3.8, 4) is 0 Å². The summed E-state index contributed by atoms with van der Waals surface area (Å²) in [5, 5.41) is 19.8. The smallest absolute Gasteiger partial charge is 0.471 e. The van der Waals surface area contributed by atoms with Crippen molar-refractivity contribution < 1.29 is 55.7 Å². The number of carbonyl (C=O) groups excluding carboxylic acids is 2. The number of carboxylic acids is 2. The van der Waals surface area contributed by atoms with Gasteiger partial charge in [-0.05, 0) is 0 Å². The van der Waals surface area contributed by atoms with Gasteiger partial charge in [0.15, 0.2) is 0 Å². The maximum atomic E-state index is 12.1. The molecule has 16 heteroatoms. The van der Waals surface area contributed by atoms with Crippen LogP contribution in [0.4, 0.5) is 26.3 Å². The zero-order valence-corrected chi connectivity index (χ0v) is 13.8. The zero-order chi connectivity index (χ0) is 20.7. The quantitative estimate of drug-likeness (QED) is 0.237. The number of alkyl halides is 6. The van der Waals surface area contributed by atoms with Crippen LogP contribution in [-0.4, -0.2) is 69.9 Å². The summed E-state index contributed by atoms with van der Waals surface area (Å²) in [4.78, 5) is 42.9. The largest absolute Gasteiger partial charge is 0.480 e. The number of aliphatic carboxylic acids is 2. The molecule has 0 aromatic carbocycles. The van der Waals surface area contributed by atoms with Gasteiger partial charge < -0.3 is 20.8 Å². The van der Waals surface area contributed by atoms with E-state index < -0.39 is 59.7 Å². The monoisotopic (exact) mass is 432 g/mol. The predicted molar refractivity (Wildman–Crippen MR) is 76.2 cm³/mol. The summed E-state index contributed by atoms with van der Waals surface area (Å²) in [6.07, 6.45) is -10.6. The molecule has 0 aliphatic rings. The molecule has 0 radical (unpaired) electrons. The highest BCUT2D eigenvalue weighted by Crippen LogP contribution is 2.24. The molecule has 150 valence electrons. The molecule has 0 aliphatic carbocycles. The fourth-order valence-corrected chi connectivity index (χ4v) is 3.37. The molecule has 2 amide bonds. The molecule has 8 nitrogen and oxygen atoms in total. The van der Waals surface area contributed by atoms with E-state index in [9.17, 15) is 45.5 Å². The van der Waals surface area contributed by atoms with Gasteiger partial charge in [-0.1, -0.05) is 21.6 Å². The lowest BCUT2D eigenvalue weighted by molar-refractivity contribution is -0.175. The van der Waals surface area contributed by atoms with Crippen LogP contribution in [0.25, 0.3) is 0 Å². The molecule has 0 bridgehead atoms. The van der Waals surface area contributed by atoms with Gasteiger partial charge in [-0.15, -0.1) is 0 Å². The van der Waals surface area contributed by atoms with Crippen molar-refractivity contribution in [3.05, 3.63) is 0 Å². The molecule has 2 unspecified atom stereocenters. The summed E-state index contributed by atoms with van der Waals surface area (Å²) in [6.45, 7) is 0. The topological polar surface area (TPSA) is 133 Å². The Morgan fingerprint density at radius 2 is 1.00 bits per heavy atom. The lowest BCUT2D eigenvalue weighted by atomic mass is 10.3. The van der Waals surface area contributed by atoms with Crippen LogP contribution < -0.4 is 10.6 Å². The number of hydrogen-bond donors (Lipinski definition) is 4. The van der Waals surface area contributed by atoms with Crippen LogP contribution in [0.3, 0.4) is 0 Å². The Morgan fingerprint density at radius 3 is 1.19 bits per heavy atom. The van der Waals surface area contributed by atoms with Crippen LogP contribution in [0.1, 0.15) is 0 Å². The second kappa shape index (κ2) is 9.75. The van der Waals surface area contributed by atoms with Crippen molar-refractivity contribution in [3.63, 3.8) is 0 Å². The van der Waals surface area contributed by atoms with Crippen molar-refractivity contribution >= 4 is 45.3 Å². The Kier molecular flexibility index (Phi) is 9.06. The SMILES string of the molecule is O=C(O)C(CSSCC(NC(=O)C(F)(F)F)C(=O)O)NC(=O)C(F)(F)F. The summed E-state index contributed by atoms with van der Waals surface area (Å²) in [6, 6.07) is -3.95. The normalized spacial score (nSPS) is 14.2. The zero-order valence-electron chi connectivity index (χ0n) is 12.2. The number of halogens is 6. The van der Waals surface area contributed by atoms with Crippen LogP contribution in [0.15, 0.2) is 0 Å². The highest BCUT2D eigenvalue weighted by molar-refractivity contribution is 8.76. The predicted octanol–water partition coefficient (Wildman–Crippen LogP) is 0.631. The van der Waals surface area contributed by atoms with E-state index >= 15 is 0 Å². The van der Waals surface area contributed by atoms with Gasteiger partial charge >= 0.3 is 36.1 Å². The average molecular weight is 432 g/mol. The summed E-state index contributed by atoms with van der Waals surface area (Å²) in [5.41, 5.74) is 0. The molecule has 0 heterocycles. The number of rotatable bonds is 9. The van der Waals surface area contributed by atoms with Crippen LogP contribution in [-0.2, 0) is 19.2 Å². The van der Waals surface area contributed by atoms with Gasteiger partial charge in [0.25, 0.3) is 0 Å². The molecule has 0 aromatic rings. The molecule has 0 aliphatic heterocycles. The molecule has 4 N–H and O–H groups in total. The first kappa shape index (κ1) is 24.2. The Balaban J connectivity index is 4.57. The van der Waals surface area contributed by atoms with E-state index in [0.29, 0.717) is 21.6 Å². The Bertz CT molecular complexity index is 507. The number of amides is 2. The number of nitrogens with one attached hydrogen (secondary N) is 2. The minimum absolute atomic E-state index is 0.480. The van der Waals surface area contributed by atoms with Crippen LogP contribution in [0.5, 0.6) is 0 Å². The second-order valence-electron chi connectivity index (χ2n) is 4.29. The molecular formula is C10H10F6N2O6S2. The molecule has 0 rings (SSSR count). The van der Waals surface area contributed by atoms with Crippen LogP contribution in [0.2, 0.25) is 0 Å². The van der Waals surface area contributed by atoms with E-state index in [-0.39, 0.29) is 0 Å². The standard InChI is InChI=1S/C10H10F6N2O6S2/c11-9(12,13)7(23)17-3(5(19)20)1-25-26-2-4(6(21)22)18-8(24)10(14,15)16/h3-4H,1-2H2,(H,17,23)(H,18,24)(H,19,20)(H,21,22). The molecule has 0 fully saturated rings. The molecule has 2 atom stereocenters. The minimum atomic E-state index is -5.32. The average Bonchev–Trinajstić information content (AvgIpc) is 2.45. The summed E-state index contributed by atoms with van der Waals surface area (Å²) < 4.78 is 72.4. The van der Waals surface area contributed by atoms with Gasteiger partial charge in [-0.2, -0.15) is 26.3 Å². The highest BCUT2D eigenvalue weighted by atomic mass is 33.1. The van der Waals surface area contributed by atoms with Gasteiger partial charge in [0.2, 0.25) is 0 Å². The molecule has 0 saturated heterocycles. The van der Waals surface area contributed by atoms with E-state index in [1.54, 1.807) is 0 Å². The first-order valence-electron chi connectivity index (χ1n) is 6.11. The first-order valence-corrected chi connectivity index (χ1v) is 8.60. The Hall–Kier alpha value is -1.84. The third kappa shape index (κ3) is 9.02. The van der Waals surface area contributed by atoms with Crippen molar-refractivity contribution in [2.45, 2.75) is 24.4 Å². The van der Waals surface area contributed by atoms with Crippen LogP contribution in [0, 0.1) is 0 Å². The molecule has 0 aromatic heterocycles. The van der Waals surface area contributed by atoms with E-state index in [4.69, 9.17) is 10.2 Å². The van der Waals surface area contributed by atoms with Crippen LogP contribution >= 0.6 is 21.6 Å². The van der Waals surface area contributed by atoms with Gasteiger partial charge in [0.1, 0.15) is 12.1 Å². The van der Waals surface area contributed by atoms with Gasteiger partial charge in [-0.25, -0.2) is 9.59 Å². The lowest BCUT2D eigenvalue weighted by Crippen LogP contribution is -2.48. The fraction of sp³-hybridized carbons (Fsp3) is 0.600. The number of hydrogen-bond acceptors (Lipinski definition) is 6. The summed E-state index contributed by atoms with van der Waals surface area (Å²) in [5.74, 6) is -9.93. The molecule has 26 heavy (non-hydrogen) atoms. The maximum Gasteiger partial charge on any atom is 0.471 e. The van der Waals surface area contributed by atoms with Crippen molar-refractivity contribution in [1.29, 1.82) is 0 Å². The van der Waals surface area contributed by atoms with E-state index in [0.717, 1.165) is 0 Å². The molecule has 0 spiro atoms. The van der Waals surface area contributed by atoms with E-state index in [1.807, 2.05) is 0 Å². The van der Waals surface area contributed by atoms with Gasteiger partial charge in [0.05, 0.1) is 0 Å². The second-order valence-corrected chi connectivity index (χ2v) is 6.85. The summed E-state index contributed by atoms with van der Waals surface area (Å²) in [7, 11) is 0.961. The summed E-state index contributed by atoms with van der Waals surface area (Å²) >= 11 is 0. The third-order valence-corrected chi connectivity index (χ3v) is 4.70. The first-order chi connectivity index (χ1) is 11.7.